The number of anilines is 1. The summed E-state index contributed by atoms with van der Waals surface area (Å²) in [5.74, 6) is -0.189. The molecule has 0 N–H and O–H groups in total. The molecule has 8 heteroatoms. The highest BCUT2D eigenvalue weighted by molar-refractivity contribution is 6.12. The average Bonchev–Trinajstić information content (AvgIpc) is 2.98. The Morgan fingerprint density at radius 1 is 1.00 bits per heavy atom. The first-order valence-corrected chi connectivity index (χ1v) is 9.48. The second kappa shape index (κ2) is 8.39. The molecule has 27 heavy (non-hydrogen) atoms. The fourth-order valence-electron chi connectivity index (χ4n) is 3.46. The maximum absolute atomic E-state index is 12.7. The molecule has 2 heterocycles. The Bertz CT molecular complexity index is 684. The molecule has 8 nitrogen and oxygen atoms in total. The fraction of sp³-hybridized carbons (Fsp3) is 0.526. The zero-order valence-corrected chi connectivity index (χ0v) is 16.0. The van der Waals surface area contributed by atoms with Gasteiger partial charge in [-0.25, -0.2) is 14.5 Å². The van der Waals surface area contributed by atoms with Gasteiger partial charge in [0.25, 0.3) is 5.91 Å². The first-order valence-electron chi connectivity index (χ1n) is 9.48. The molecule has 3 rings (SSSR count). The zero-order valence-electron chi connectivity index (χ0n) is 16.0. The van der Waals surface area contributed by atoms with Crippen molar-refractivity contribution in [1.82, 2.24) is 19.6 Å². The second-order valence-electron chi connectivity index (χ2n) is 6.73. The lowest BCUT2D eigenvalue weighted by atomic mass is 10.3. The molecular weight excluding hydrogens is 346 g/mol. The molecule has 0 radical (unpaired) electrons. The molecule has 0 saturated carbocycles. The predicted molar refractivity (Wildman–Crippen MR) is 102 cm³/mol. The van der Waals surface area contributed by atoms with E-state index in [0.29, 0.717) is 39.3 Å². The molecule has 5 amide bonds. The number of benzene rings is 1. The number of imide groups is 1. The van der Waals surface area contributed by atoms with Crippen LogP contribution < -0.4 is 4.90 Å². The van der Waals surface area contributed by atoms with Crippen molar-refractivity contribution >= 4 is 23.7 Å². The first kappa shape index (κ1) is 19.2. The van der Waals surface area contributed by atoms with Crippen LogP contribution in [0.4, 0.5) is 15.3 Å². The number of amides is 5. The quantitative estimate of drug-likeness (QED) is 0.734. The van der Waals surface area contributed by atoms with Crippen LogP contribution in [0.15, 0.2) is 30.3 Å². The van der Waals surface area contributed by atoms with Crippen LogP contribution in [-0.2, 0) is 4.79 Å². The molecule has 1 aromatic rings. The van der Waals surface area contributed by atoms with Gasteiger partial charge in [-0.05, 0) is 26.0 Å². The molecule has 0 atom stereocenters. The van der Waals surface area contributed by atoms with Crippen molar-refractivity contribution in [1.29, 1.82) is 0 Å². The fourth-order valence-corrected chi connectivity index (χ4v) is 3.46. The maximum Gasteiger partial charge on any atom is 0.332 e. The molecule has 0 aromatic heterocycles. The summed E-state index contributed by atoms with van der Waals surface area (Å²) in [6, 6.07) is 9.00. The van der Waals surface area contributed by atoms with Crippen LogP contribution in [0.1, 0.15) is 13.8 Å². The van der Waals surface area contributed by atoms with E-state index in [0.717, 1.165) is 5.69 Å². The van der Waals surface area contributed by atoms with Crippen molar-refractivity contribution in [3.8, 4) is 0 Å². The summed E-state index contributed by atoms with van der Waals surface area (Å²) in [6.07, 6.45) is 0. The second-order valence-corrected chi connectivity index (χ2v) is 6.73. The Labute approximate surface area is 159 Å². The van der Waals surface area contributed by atoms with Gasteiger partial charge in [0.15, 0.2) is 0 Å². The van der Waals surface area contributed by atoms with Crippen molar-refractivity contribution in [3.05, 3.63) is 30.3 Å². The average molecular weight is 373 g/mol. The van der Waals surface area contributed by atoms with E-state index in [9.17, 15) is 14.4 Å². The molecule has 2 aliphatic rings. The summed E-state index contributed by atoms with van der Waals surface area (Å²) in [5.41, 5.74) is 0.730. The van der Waals surface area contributed by atoms with Gasteiger partial charge < -0.3 is 9.80 Å². The minimum absolute atomic E-state index is 0.0585. The van der Waals surface area contributed by atoms with Crippen LogP contribution in [0.25, 0.3) is 0 Å². The smallest absolute Gasteiger partial charge is 0.325 e. The number of hydrogen-bond acceptors (Lipinski definition) is 4. The minimum atomic E-state index is -0.284. The maximum atomic E-state index is 12.7. The summed E-state index contributed by atoms with van der Waals surface area (Å²) >= 11 is 0. The highest BCUT2D eigenvalue weighted by atomic mass is 16.2. The number of urea groups is 2. The van der Waals surface area contributed by atoms with Gasteiger partial charge in [-0.15, -0.1) is 0 Å². The van der Waals surface area contributed by atoms with E-state index in [2.05, 4.69) is 4.90 Å². The van der Waals surface area contributed by atoms with Gasteiger partial charge in [-0.1, -0.05) is 18.2 Å². The van der Waals surface area contributed by atoms with E-state index in [4.69, 9.17) is 0 Å². The number of piperazine rings is 1. The molecule has 146 valence electrons. The predicted octanol–water partition coefficient (Wildman–Crippen LogP) is 1.49. The van der Waals surface area contributed by atoms with E-state index in [1.165, 1.54) is 9.80 Å². The largest absolute Gasteiger partial charge is 0.332 e. The van der Waals surface area contributed by atoms with E-state index >= 15 is 0 Å². The number of nitrogens with zero attached hydrogens (tertiary/aromatic N) is 5. The van der Waals surface area contributed by atoms with Crippen LogP contribution in [0, 0.1) is 0 Å². The standard InChI is InChI=1S/C19H27N5O3/c1-3-21(4-2)18(26)22-12-10-20(11-13-22)15-24-17(25)14-23(19(24)27)16-8-6-5-7-9-16/h5-9H,3-4,10-15H2,1-2H3. The Kier molecular flexibility index (Phi) is 5.95. The van der Waals surface area contributed by atoms with E-state index in [1.807, 2.05) is 49.1 Å². The van der Waals surface area contributed by atoms with Gasteiger partial charge in [0.2, 0.25) is 0 Å². The van der Waals surface area contributed by atoms with Gasteiger partial charge in [0.05, 0.1) is 6.67 Å². The minimum Gasteiger partial charge on any atom is -0.325 e. The number of carbonyl (C=O) groups excluding carboxylic acids is 3. The van der Waals surface area contributed by atoms with Crippen LogP contribution in [0.3, 0.4) is 0 Å². The third kappa shape index (κ3) is 4.05. The summed E-state index contributed by atoms with van der Waals surface area (Å²) in [5, 5.41) is 0. The van der Waals surface area contributed by atoms with Gasteiger partial charge in [-0.2, -0.15) is 0 Å². The lowest BCUT2D eigenvalue weighted by molar-refractivity contribution is -0.126. The molecule has 2 saturated heterocycles. The zero-order chi connectivity index (χ0) is 19.4. The third-order valence-corrected chi connectivity index (χ3v) is 5.14. The van der Waals surface area contributed by atoms with Crippen molar-refractivity contribution in [3.63, 3.8) is 0 Å². The van der Waals surface area contributed by atoms with Crippen LogP contribution in [-0.4, -0.2) is 90.1 Å². The molecule has 2 fully saturated rings. The van der Waals surface area contributed by atoms with Crippen molar-refractivity contribution in [2.45, 2.75) is 13.8 Å². The summed E-state index contributed by atoms with van der Waals surface area (Å²) in [4.78, 5) is 45.9. The molecule has 0 spiro atoms. The van der Waals surface area contributed by atoms with E-state index in [-0.39, 0.29) is 31.2 Å². The number of carbonyl (C=O) groups is 3. The molecule has 2 aliphatic heterocycles. The van der Waals surface area contributed by atoms with Crippen molar-refractivity contribution in [2.24, 2.45) is 0 Å². The Hall–Kier alpha value is -2.61. The van der Waals surface area contributed by atoms with E-state index in [1.54, 1.807) is 4.90 Å². The Balaban J connectivity index is 1.55. The molecule has 0 aliphatic carbocycles. The van der Waals surface area contributed by atoms with Gasteiger partial charge in [0, 0.05) is 45.0 Å². The topological polar surface area (TPSA) is 67.4 Å². The van der Waals surface area contributed by atoms with Crippen LogP contribution in [0.5, 0.6) is 0 Å². The molecule has 1 aromatic carbocycles. The number of rotatable bonds is 5. The summed E-state index contributed by atoms with van der Waals surface area (Å²) in [7, 11) is 0. The SMILES string of the molecule is CCN(CC)C(=O)N1CCN(CN2C(=O)CN(c3ccccc3)C2=O)CC1. The van der Waals surface area contributed by atoms with Gasteiger partial charge >= 0.3 is 12.1 Å². The number of hydrogen-bond donors (Lipinski definition) is 0. The van der Waals surface area contributed by atoms with Gasteiger partial charge in [-0.3, -0.25) is 14.6 Å². The van der Waals surface area contributed by atoms with E-state index < -0.39 is 0 Å². The highest BCUT2D eigenvalue weighted by Gasteiger charge is 2.38. The normalized spacial score (nSPS) is 18.4. The molecule has 0 bridgehead atoms. The van der Waals surface area contributed by atoms with Crippen molar-refractivity contribution in [2.75, 3.05) is 57.4 Å². The number of para-hydroxylation sites is 1. The summed E-state index contributed by atoms with van der Waals surface area (Å²) in [6.45, 7) is 8.19. The van der Waals surface area contributed by atoms with Crippen molar-refractivity contribution < 1.29 is 14.4 Å². The monoisotopic (exact) mass is 373 g/mol. The highest BCUT2D eigenvalue weighted by Crippen LogP contribution is 2.21. The lowest BCUT2D eigenvalue weighted by Crippen LogP contribution is -2.55. The Morgan fingerprint density at radius 3 is 2.22 bits per heavy atom. The Morgan fingerprint density at radius 2 is 1.63 bits per heavy atom. The van der Waals surface area contributed by atoms with Crippen LogP contribution >= 0.6 is 0 Å². The third-order valence-electron chi connectivity index (χ3n) is 5.14. The lowest BCUT2D eigenvalue weighted by Gasteiger charge is -2.38. The molecule has 0 unspecified atom stereocenters. The molecular formula is C19H27N5O3. The summed E-state index contributed by atoms with van der Waals surface area (Å²) < 4.78 is 0. The first-order chi connectivity index (χ1) is 13.0. The van der Waals surface area contributed by atoms with Gasteiger partial charge in [0.1, 0.15) is 6.54 Å². The van der Waals surface area contributed by atoms with Crippen LogP contribution in [0.2, 0.25) is 0 Å².